The van der Waals surface area contributed by atoms with Crippen molar-refractivity contribution in [1.29, 1.82) is 0 Å². The Morgan fingerprint density at radius 1 is 1.42 bits per heavy atom. The third-order valence-electron chi connectivity index (χ3n) is 1.26. The highest BCUT2D eigenvalue weighted by Crippen LogP contribution is 1.97. The maximum atomic E-state index is 10.5. The van der Waals surface area contributed by atoms with E-state index in [0.29, 0.717) is 0 Å². The summed E-state index contributed by atoms with van der Waals surface area (Å²) in [6.07, 6.45) is 1.09. The number of amides is 1. The lowest BCUT2D eigenvalue weighted by Crippen LogP contribution is -2.23. The number of pyridine rings is 1. The third-order valence-corrected chi connectivity index (χ3v) is 1.26. The van der Waals surface area contributed by atoms with Crippen molar-refractivity contribution in [3.63, 3.8) is 0 Å². The zero-order valence-electron chi connectivity index (χ0n) is 5.98. The molecule has 0 aliphatic heterocycles. The van der Waals surface area contributed by atoms with Crippen molar-refractivity contribution in [3.05, 3.63) is 29.6 Å². The second-order valence-electron chi connectivity index (χ2n) is 2.08. The lowest BCUT2D eigenvalue weighted by Gasteiger charge is -2.00. The maximum absolute atomic E-state index is 10.5. The SMILES string of the molecule is NC(=O)c1ccc(C(=O)[O-])nc1. The number of carbonyl (C=O) groups excluding carboxylic acids is 2. The minimum Gasteiger partial charge on any atom is -0.543 e. The molecule has 1 aromatic rings. The maximum Gasteiger partial charge on any atom is 0.250 e. The Morgan fingerprint density at radius 2 is 2.08 bits per heavy atom. The molecule has 0 aromatic carbocycles. The normalized spacial score (nSPS) is 9.33. The smallest absolute Gasteiger partial charge is 0.250 e. The highest BCUT2D eigenvalue weighted by Gasteiger charge is 2.00. The number of nitrogens with two attached hydrogens (primary N) is 1. The van der Waals surface area contributed by atoms with E-state index in [-0.39, 0.29) is 11.3 Å². The van der Waals surface area contributed by atoms with Crippen molar-refractivity contribution >= 4 is 11.9 Å². The molecule has 5 nitrogen and oxygen atoms in total. The summed E-state index contributed by atoms with van der Waals surface area (Å²) < 4.78 is 0. The zero-order valence-corrected chi connectivity index (χ0v) is 5.98. The van der Waals surface area contributed by atoms with Crippen molar-refractivity contribution in [3.8, 4) is 0 Å². The number of primary amides is 1. The van der Waals surface area contributed by atoms with E-state index < -0.39 is 11.9 Å². The minimum absolute atomic E-state index is 0.167. The highest BCUT2D eigenvalue weighted by atomic mass is 16.4. The fraction of sp³-hybridized carbons (Fsp3) is 0. The van der Waals surface area contributed by atoms with E-state index in [1.54, 1.807) is 0 Å². The van der Waals surface area contributed by atoms with Gasteiger partial charge in [-0.05, 0) is 12.1 Å². The Labute approximate surface area is 67.8 Å². The molecule has 1 amide bonds. The highest BCUT2D eigenvalue weighted by molar-refractivity contribution is 5.93. The van der Waals surface area contributed by atoms with Gasteiger partial charge in [0, 0.05) is 6.20 Å². The van der Waals surface area contributed by atoms with Crippen molar-refractivity contribution in [2.75, 3.05) is 0 Å². The fourth-order valence-corrected chi connectivity index (χ4v) is 0.660. The van der Waals surface area contributed by atoms with Crippen LogP contribution in [0.3, 0.4) is 0 Å². The first kappa shape index (κ1) is 8.19. The number of aromatic carboxylic acids is 1. The summed E-state index contributed by atoms with van der Waals surface area (Å²) in [4.78, 5) is 24.1. The monoisotopic (exact) mass is 165 g/mol. The number of carboxylic acid groups (broad SMARTS) is 1. The van der Waals surface area contributed by atoms with Crippen LogP contribution < -0.4 is 10.8 Å². The molecule has 0 saturated heterocycles. The van der Waals surface area contributed by atoms with Crippen LogP contribution in [0, 0.1) is 0 Å². The summed E-state index contributed by atoms with van der Waals surface area (Å²) in [7, 11) is 0. The number of carbonyl (C=O) groups is 2. The Morgan fingerprint density at radius 3 is 2.42 bits per heavy atom. The largest absolute Gasteiger partial charge is 0.543 e. The van der Waals surface area contributed by atoms with Gasteiger partial charge in [-0.2, -0.15) is 0 Å². The van der Waals surface area contributed by atoms with Crippen LogP contribution in [0.2, 0.25) is 0 Å². The van der Waals surface area contributed by atoms with Crippen LogP contribution in [-0.4, -0.2) is 16.9 Å². The van der Waals surface area contributed by atoms with E-state index in [1.807, 2.05) is 0 Å². The first-order valence-electron chi connectivity index (χ1n) is 3.08. The molecule has 1 rings (SSSR count). The van der Waals surface area contributed by atoms with Crippen LogP contribution in [0.5, 0.6) is 0 Å². The lowest BCUT2D eigenvalue weighted by atomic mass is 10.2. The van der Waals surface area contributed by atoms with E-state index in [1.165, 1.54) is 6.07 Å². The van der Waals surface area contributed by atoms with Crippen LogP contribution in [-0.2, 0) is 0 Å². The van der Waals surface area contributed by atoms with Gasteiger partial charge in [0.05, 0.1) is 17.2 Å². The van der Waals surface area contributed by atoms with Gasteiger partial charge in [0.25, 0.3) is 0 Å². The van der Waals surface area contributed by atoms with Crippen LogP contribution in [0.15, 0.2) is 18.3 Å². The molecule has 0 spiro atoms. The third kappa shape index (κ3) is 1.57. The van der Waals surface area contributed by atoms with Crippen LogP contribution in [0.4, 0.5) is 0 Å². The van der Waals surface area contributed by atoms with E-state index in [2.05, 4.69) is 4.98 Å². The molecule has 0 atom stereocenters. The average molecular weight is 165 g/mol. The molecule has 0 unspecified atom stereocenters. The fourth-order valence-electron chi connectivity index (χ4n) is 0.660. The molecule has 0 bridgehead atoms. The Bertz CT molecular complexity index is 285. The number of hydrogen-bond donors (Lipinski definition) is 1. The predicted molar refractivity (Wildman–Crippen MR) is 37.1 cm³/mol. The van der Waals surface area contributed by atoms with Crippen molar-refractivity contribution < 1.29 is 14.7 Å². The molecule has 1 aromatic heterocycles. The number of carboxylic acids is 1. The van der Waals surface area contributed by atoms with E-state index in [9.17, 15) is 14.7 Å². The van der Waals surface area contributed by atoms with E-state index >= 15 is 0 Å². The van der Waals surface area contributed by atoms with Gasteiger partial charge < -0.3 is 15.6 Å². The van der Waals surface area contributed by atoms with Crippen molar-refractivity contribution in [2.45, 2.75) is 0 Å². The average Bonchev–Trinajstić information content (AvgIpc) is 2.04. The topological polar surface area (TPSA) is 96.1 Å². The molecule has 0 aliphatic carbocycles. The molecule has 0 fully saturated rings. The molecule has 0 saturated carbocycles. The summed E-state index contributed by atoms with van der Waals surface area (Å²) in [5.74, 6) is -2.03. The van der Waals surface area contributed by atoms with Gasteiger partial charge in [-0.3, -0.25) is 9.78 Å². The summed E-state index contributed by atoms with van der Waals surface area (Å²) in [6, 6.07) is 2.44. The molecular weight excluding hydrogens is 160 g/mol. The Kier molecular flexibility index (Phi) is 2.05. The van der Waals surface area contributed by atoms with Crippen molar-refractivity contribution in [1.82, 2.24) is 4.98 Å². The first-order chi connectivity index (χ1) is 5.61. The molecule has 5 heteroatoms. The molecule has 12 heavy (non-hydrogen) atoms. The molecule has 0 radical (unpaired) electrons. The van der Waals surface area contributed by atoms with Gasteiger partial charge in [-0.1, -0.05) is 0 Å². The quantitative estimate of drug-likeness (QED) is 0.579. The van der Waals surface area contributed by atoms with Crippen LogP contribution >= 0.6 is 0 Å². The van der Waals surface area contributed by atoms with E-state index in [4.69, 9.17) is 5.73 Å². The van der Waals surface area contributed by atoms with Crippen LogP contribution in [0.1, 0.15) is 20.8 Å². The Hall–Kier alpha value is -1.91. The summed E-state index contributed by atoms with van der Waals surface area (Å²) in [6.45, 7) is 0. The summed E-state index contributed by atoms with van der Waals surface area (Å²) in [5, 5.41) is 10.2. The van der Waals surface area contributed by atoms with Gasteiger partial charge in [0.2, 0.25) is 5.91 Å². The second-order valence-corrected chi connectivity index (χ2v) is 2.08. The molecule has 62 valence electrons. The Balaban J connectivity index is 3.01. The number of aromatic nitrogens is 1. The molecule has 2 N–H and O–H groups in total. The van der Waals surface area contributed by atoms with Gasteiger partial charge in [-0.25, -0.2) is 0 Å². The minimum atomic E-state index is -1.38. The molecule has 0 aliphatic rings. The number of nitrogens with zero attached hydrogens (tertiary/aromatic N) is 1. The molecule has 1 heterocycles. The standard InChI is InChI=1S/C7H6N2O3/c8-6(10)4-1-2-5(7(11)12)9-3-4/h1-3H,(H2,8,10)(H,11,12)/p-1. The second kappa shape index (κ2) is 3.00. The summed E-state index contributed by atoms with van der Waals surface area (Å²) >= 11 is 0. The van der Waals surface area contributed by atoms with Gasteiger partial charge in [-0.15, -0.1) is 0 Å². The van der Waals surface area contributed by atoms with E-state index in [0.717, 1.165) is 12.3 Å². The first-order valence-corrected chi connectivity index (χ1v) is 3.08. The lowest BCUT2D eigenvalue weighted by molar-refractivity contribution is -0.255. The number of hydrogen-bond acceptors (Lipinski definition) is 4. The van der Waals surface area contributed by atoms with Crippen molar-refractivity contribution in [2.24, 2.45) is 5.73 Å². The van der Waals surface area contributed by atoms with Gasteiger partial charge in [0.15, 0.2) is 0 Å². The predicted octanol–water partition coefficient (Wildman–Crippen LogP) is -1.46. The summed E-state index contributed by atoms with van der Waals surface area (Å²) in [5.41, 5.74) is 4.84. The van der Waals surface area contributed by atoms with Gasteiger partial charge >= 0.3 is 0 Å². The molecular formula is C7H5N2O3-. The zero-order chi connectivity index (χ0) is 9.14. The van der Waals surface area contributed by atoms with Gasteiger partial charge in [0.1, 0.15) is 0 Å². The van der Waals surface area contributed by atoms with Crippen LogP contribution in [0.25, 0.3) is 0 Å². The number of rotatable bonds is 2.